The van der Waals surface area contributed by atoms with Crippen molar-refractivity contribution in [2.45, 2.75) is 49.3 Å². The van der Waals surface area contributed by atoms with Crippen LogP contribution in [0.3, 0.4) is 0 Å². The van der Waals surface area contributed by atoms with Crippen molar-refractivity contribution in [2.75, 3.05) is 25.5 Å². The highest BCUT2D eigenvalue weighted by molar-refractivity contribution is 9.09. The summed E-state index contributed by atoms with van der Waals surface area (Å²) in [5.41, 5.74) is 1.48. The van der Waals surface area contributed by atoms with Gasteiger partial charge in [-0.1, -0.05) is 34.1 Å². The van der Waals surface area contributed by atoms with E-state index in [0.717, 1.165) is 11.1 Å². The Bertz CT molecular complexity index is 904. The number of hydrogen-bond acceptors (Lipinski definition) is 5. The van der Waals surface area contributed by atoms with E-state index in [9.17, 15) is 19.5 Å². The third-order valence-corrected chi connectivity index (χ3v) is 7.72. The smallest absolute Gasteiger partial charge is 0.250 e. The molecule has 2 bridgehead atoms. The fourth-order valence-electron chi connectivity index (χ4n) is 5.58. The Balaban J connectivity index is 1.74. The fraction of sp³-hybridized carbons (Fsp3) is 0.591. The van der Waals surface area contributed by atoms with Gasteiger partial charge in [-0.3, -0.25) is 14.4 Å². The number of nitrogens with zero attached hydrogens (tertiary/aromatic N) is 1. The molecule has 1 aromatic rings. The predicted molar refractivity (Wildman–Crippen MR) is 118 cm³/mol. The number of alkyl halides is 1. The van der Waals surface area contributed by atoms with Gasteiger partial charge in [-0.15, -0.1) is 0 Å². The number of aliphatic hydroxyl groups excluding tert-OH is 1. The van der Waals surface area contributed by atoms with Crippen LogP contribution < -0.4 is 10.6 Å². The van der Waals surface area contributed by atoms with Crippen molar-refractivity contribution >= 4 is 39.3 Å². The number of likely N-dealkylation sites (tertiary alicyclic amines) is 1. The summed E-state index contributed by atoms with van der Waals surface area (Å²) >= 11 is 3.62. The summed E-state index contributed by atoms with van der Waals surface area (Å²) in [6.45, 7) is 3.96. The van der Waals surface area contributed by atoms with Crippen molar-refractivity contribution in [3.05, 3.63) is 29.3 Å². The van der Waals surface area contributed by atoms with E-state index >= 15 is 0 Å². The molecule has 6 atom stereocenters. The second-order valence-corrected chi connectivity index (χ2v) is 9.82. The number of para-hydroxylation sites is 1. The van der Waals surface area contributed by atoms with E-state index in [1.54, 1.807) is 7.05 Å². The Morgan fingerprint density at radius 3 is 2.58 bits per heavy atom. The Kier molecular flexibility index (Phi) is 5.87. The molecule has 3 N–H and O–H groups in total. The zero-order chi connectivity index (χ0) is 22.5. The molecule has 1 spiro atoms. The first-order valence-electron chi connectivity index (χ1n) is 10.6. The van der Waals surface area contributed by atoms with Gasteiger partial charge in [-0.2, -0.15) is 0 Å². The third-order valence-electron chi connectivity index (χ3n) is 6.87. The van der Waals surface area contributed by atoms with E-state index in [4.69, 9.17) is 4.74 Å². The molecule has 9 heteroatoms. The van der Waals surface area contributed by atoms with Gasteiger partial charge in [0.1, 0.15) is 11.6 Å². The number of halogens is 1. The van der Waals surface area contributed by atoms with Crippen LogP contribution in [-0.2, 0) is 19.1 Å². The standard InChI is InChI=1S/C22H28BrN3O5/c1-11-6-4-7-12(2)16(11)25-20(29)18-22-10-13(23)17(31-22)14(19(28)24-3)15(22)21(30)26(18)8-5-9-27/h4,6-7,13-15,17-18,27H,5,8-10H2,1-3H3,(H,24,28)(H,25,29)/t13?,14-,15-,17-,18?,22?/m0/s1. The molecule has 8 nitrogen and oxygen atoms in total. The van der Waals surface area contributed by atoms with Gasteiger partial charge in [-0.25, -0.2) is 0 Å². The molecule has 31 heavy (non-hydrogen) atoms. The van der Waals surface area contributed by atoms with Gasteiger partial charge >= 0.3 is 0 Å². The lowest BCUT2D eigenvalue weighted by molar-refractivity contribution is -0.140. The third kappa shape index (κ3) is 3.29. The van der Waals surface area contributed by atoms with Gasteiger partial charge in [0.25, 0.3) is 0 Å². The molecule has 1 aromatic carbocycles. The lowest BCUT2D eigenvalue weighted by Crippen LogP contribution is -2.54. The van der Waals surface area contributed by atoms with Crippen LogP contribution in [0.4, 0.5) is 5.69 Å². The Hall–Kier alpha value is -1.97. The van der Waals surface area contributed by atoms with Gasteiger partial charge in [0.2, 0.25) is 17.7 Å². The molecular formula is C22H28BrN3O5. The highest BCUT2D eigenvalue weighted by Gasteiger charge is 2.76. The van der Waals surface area contributed by atoms with Crippen LogP contribution in [0.25, 0.3) is 0 Å². The van der Waals surface area contributed by atoms with Gasteiger partial charge < -0.3 is 25.4 Å². The zero-order valence-corrected chi connectivity index (χ0v) is 19.4. The topological polar surface area (TPSA) is 108 Å². The first kappa shape index (κ1) is 22.2. The molecule has 0 aromatic heterocycles. The predicted octanol–water partition coefficient (Wildman–Crippen LogP) is 1.12. The number of rotatable bonds is 6. The minimum Gasteiger partial charge on any atom is -0.396 e. The van der Waals surface area contributed by atoms with E-state index in [-0.39, 0.29) is 35.7 Å². The first-order chi connectivity index (χ1) is 14.8. The van der Waals surface area contributed by atoms with E-state index in [0.29, 0.717) is 18.5 Å². The molecule has 0 aliphatic carbocycles. The SMILES string of the molecule is CNC(=O)[C@H]1[C@H]2C(=O)N(CCCO)C(C(=O)Nc3c(C)cccc3C)C23CC(Br)[C@@H]1O3. The molecule has 3 fully saturated rings. The molecule has 3 aliphatic rings. The van der Waals surface area contributed by atoms with Crippen LogP contribution in [0.5, 0.6) is 0 Å². The van der Waals surface area contributed by atoms with Crippen LogP contribution in [0, 0.1) is 25.7 Å². The monoisotopic (exact) mass is 493 g/mol. The number of fused-ring (bicyclic) bond motifs is 1. The first-order valence-corrected chi connectivity index (χ1v) is 11.5. The molecule has 3 aliphatic heterocycles. The average Bonchev–Trinajstić information content (AvgIpc) is 3.32. The van der Waals surface area contributed by atoms with Crippen LogP contribution in [-0.4, -0.2) is 70.5 Å². The molecule has 0 saturated carbocycles. The number of aliphatic hydroxyl groups is 1. The maximum absolute atomic E-state index is 13.7. The molecule has 0 radical (unpaired) electrons. The van der Waals surface area contributed by atoms with E-state index in [2.05, 4.69) is 26.6 Å². The molecule has 168 valence electrons. The zero-order valence-electron chi connectivity index (χ0n) is 17.9. The van der Waals surface area contributed by atoms with Crippen molar-refractivity contribution < 1.29 is 24.2 Å². The van der Waals surface area contributed by atoms with Crippen LogP contribution in [0.2, 0.25) is 0 Å². The van der Waals surface area contributed by atoms with Gasteiger partial charge in [-0.05, 0) is 37.8 Å². The van der Waals surface area contributed by atoms with Crippen molar-refractivity contribution in [3.63, 3.8) is 0 Å². The summed E-state index contributed by atoms with van der Waals surface area (Å²) in [7, 11) is 1.54. The molecule has 3 saturated heterocycles. The summed E-state index contributed by atoms with van der Waals surface area (Å²) < 4.78 is 6.35. The summed E-state index contributed by atoms with van der Waals surface area (Å²) in [5.74, 6) is -2.23. The second-order valence-electron chi connectivity index (χ2n) is 8.64. The van der Waals surface area contributed by atoms with E-state index < -0.39 is 29.6 Å². The number of benzene rings is 1. The Morgan fingerprint density at radius 2 is 1.97 bits per heavy atom. The van der Waals surface area contributed by atoms with Gasteiger partial charge in [0.15, 0.2) is 0 Å². The van der Waals surface area contributed by atoms with E-state index in [1.165, 1.54) is 4.90 Å². The minimum atomic E-state index is -1.08. The highest BCUT2D eigenvalue weighted by Crippen LogP contribution is 2.60. The molecule has 3 heterocycles. The summed E-state index contributed by atoms with van der Waals surface area (Å²) in [5, 5.41) is 15.0. The van der Waals surface area contributed by atoms with Crippen molar-refractivity contribution in [1.29, 1.82) is 0 Å². The van der Waals surface area contributed by atoms with E-state index in [1.807, 2.05) is 32.0 Å². The van der Waals surface area contributed by atoms with Gasteiger partial charge in [0, 0.05) is 30.7 Å². The average molecular weight is 494 g/mol. The maximum Gasteiger partial charge on any atom is 0.250 e. The number of amides is 3. The van der Waals surface area contributed by atoms with Crippen molar-refractivity contribution in [2.24, 2.45) is 11.8 Å². The highest BCUT2D eigenvalue weighted by atomic mass is 79.9. The van der Waals surface area contributed by atoms with Crippen molar-refractivity contribution in [1.82, 2.24) is 10.2 Å². The molecule has 3 unspecified atom stereocenters. The number of ether oxygens (including phenoxy) is 1. The maximum atomic E-state index is 13.7. The number of carbonyl (C=O) groups is 3. The Morgan fingerprint density at radius 1 is 1.29 bits per heavy atom. The molecule has 4 rings (SSSR count). The second kappa shape index (κ2) is 8.18. The van der Waals surface area contributed by atoms with Crippen LogP contribution in [0.1, 0.15) is 24.0 Å². The summed E-state index contributed by atoms with van der Waals surface area (Å²) in [6.07, 6.45) is 0.333. The van der Waals surface area contributed by atoms with Crippen molar-refractivity contribution in [3.8, 4) is 0 Å². The lowest BCUT2D eigenvalue weighted by Gasteiger charge is -2.34. The Labute approximate surface area is 189 Å². The van der Waals surface area contributed by atoms with Crippen LogP contribution in [0.15, 0.2) is 18.2 Å². The largest absolute Gasteiger partial charge is 0.396 e. The van der Waals surface area contributed by atoms with Crippen LogP contribution >= 0.6 is 15.9 Å². The number of hydrogen-bond donors (Lipinski definition) is 3. The number of nitrogens with one attached hydrogen (secondary N) is 2. The molecule has 3 amide bonds. The summed E-state index contributed by atoms with van der Waals surface area (Å²) in [4.78, 5) is 41.2. The fourth-order valence-corrected chi connectivity index (χ4v) is 6.52. The summed E-state index contributed by atoms with van der Waals surface area (Å²) in [6, 6.07) is 4.88. The molecular weight excluding hydrogens is 466 g/mol. The quantitative estimate of drug-likeness (QED) is 0.514. The van der Waals surface area contributed by atoms with Gasteiger partial charge in [0.05, 0.1) is 17.9 Å². The number of anilines is 1. The minimum absolute atomic E-state index is 0.101. The number of aryl methyl sites for hydroxylation is 2. The normalized spacial score (nSPS) is 33.5. The number of carbonyl (C=O) groups excluding carboxylic acids is 3. The lowest BCUT2D eigenvalue weighted by atomic mass is 9.70.